The molecular weight excluding hydrogens is 372 g/mol. The molecule has 0 amide bonds. The number of aromatic amines is 1. The van der Waals surface area contributed by atoms with Crippen molar-refractivity contribution in [2.75, 3.05) is 0 Å². The van der Waals surface area contributed by atoms with Gasteiger partial charge in [-0.2, -0.15) is 0 Å². The zero-order valence-corrected chi connectivity index (χ0v) is 18.0. The maximum atomic E-state index is 12.6. The lowest BCUT2D eigenvalue weighted by molar-refractivity contribution is 0.392. The highest BCUT2D eigenvalue weighted by molar-refractivity contribution is 6.30. The van der Waals surface area contributed by atoms with Crippen LogP contribution in [-0.4, -0.2) is 14.9 Å². The predicted molar refractivity (Wildman–Crippen MR) is 121 cm³/mol. The summed E-state index contributed by atoms with van der Waals surface area (Å²) in [4.78, 5) is 12.6. The van der Waals surface area contributed by atoms with Crippen molar-refractivity contribution in [3.05, 3.63) is 81.2 Å². The van der Waals surface area contributed by atoms with Crippen LogP contribution >= 0.6 is 11.6 Å². The van der Waals surface area contributed by atoms with E-state index in [0.717, 1.165) is 24.0 Å². The highest BCUT2D eigenvalue weighted by atomic mass is 35.5. The van der Waals surface area contributed by atoms with E-state index in [1.54, 1.807) is 6.08 Å². The first kappa shape index (κ1) is 23.6. The van der Waals surface area contributed by atoms with Crippen LogP contribution in [0.4, 0.5) is 0 Å². The molecule has 0 aliphatic heterocycles. The lowest BCUT2D eigenvalue weighted by Crippen LogP contribution is -2.08. The number of aryl methyl sites for hydroxylation is 1. The number of hydrogen-bond acceptors (Lipinski definition) is 2. The highest BCUT2D eigenvalue weighted by Gasteiger charge is 2.17. The minimum Gasteiger partial charge on any atom is -0.493 e. The predicted octanol–water partition coefficient (Wildman–Crippen LogP) is 6.23. The van der Waals surface area contributed by atoms with Crippen LogP contribution in [0.15, 0.2) is 70.1 Å². The van der Waals surface area contributed by atoms with Gasteiger partial charge in [-0.3, -0.25) is 14.6 Å². The number of H-pyrrole nitrogens is 1. The SMILES string of the molecule is C=C(Cl)/C=C\CC(/C=C/C(=C(C)\C=C/C)c1c(O)n(CCCC)[nH]c1=O)=C\C. The van der Waals surface area contributed by atoms with E-state index in [1.807, 2.05) is 57.2 Å². The first-order valence-electron chi connectivity index (χ1n) is 9.55. The van der Waals surface area contributed by atoms with E-state index in [-0.39, 0.29) is 11.4 Å². The number of unbranched alkanes of at least 4 members (excludes halogenated alkanes) is 1. The second-order valence-corrected chi connectivity index (χ2v) is 6.98. The van der Waals surface area contributed by atoms with Gasteiger partial charge in [0, 0.05) is 11.6 Å². The van der Waals surface area contributed by atoms with E-state index in [2.05, 4.69) is 18.6 Å². The van der Waals surface area contributed by atoms with Crippen LogP contribution in [-0.2, 0) is 6.54 Å². The molecule has 0 unspecified atom stereocenters. The van der Waals surface area contributed by atoms with Crippen molar-refractivity contribution in [3.8, 4) is 5.88 Å². The van der Waals surface area contributed by atoms with Gasteiger partial charge < -0.3 is 5.11 Å². The number of hydrogen-bond donors (Lipinski definition) is 2. The van der Waals surface area contributed by atoms with Gasteiger partial charge in [-0.1, -0.05) is 68.0 Å². The number of nitrogens with one attached hydrogen (secondary N) is 1. The summed E-state index contributed by atoms with van der Waals surface area (Å²) < 4.78 is 1.52. The summed E-state index contributed by atoms with van der Waals surface area (Å²) in [5, 5.41) is 13.9. The summed E-state index contributed by atoms with van der Waals surface area (Å²) in [6, 6.07) is 0. The summed E-state index contributed by atoms with van der Waals surface area (Å²) in [6.45, 7) is 12.1. The molecule has 0 spiro atoms. The fraction of sp³-hybridized carbons (Fsp3) is 0.348. The molecule has 0 aromatic carbocycles. The molecule has 0 bridgehead atoms. The van der Waals surface area contributed by atoms with Crippen molar-refractivity contribution in [2.24, 2.45) is 0 Å². The van der Waals surface area contributed by atoms with Gasteiger partial charge >= 0.3 is 0 Å². The van der Waals surface area contributed by atoms with Crippen molar-refractivity contribution in [2.45, 2.75) is 53.5 Å². The van der Waals surface area contributed by atoms with E-state index < -0.39 is 0 Å². The number of aromatic nitrogens is 2. The Balaban J connectivity index is 3.34. The Bertz CT molecular complexity index is 877. The minimum atomic E-state index is -0.294. The third kappa shape index (κ3) is 6.93. The van der Waals surface area contributed by atoms with Crippen LogP contribution in [0.25, 0.3) is 5.57 Å². The van der Waals surface area contributed by atoms with Gasteiger partial charge in [0.05, 0.1) is 0 Å². The topological polar surface area (TPSA) is 58.0 Å². The average molecular weight is 403 g/mol. The fourth-order valence-electron chi connectivity index (χ4n) is 2.74. The summed E-state index contributed by atoms with van der Waals surface area (Å²) >= 11 is 5.76. The van der Waals surface area contributed by atoms with Crippen LogP contribution in [0.2, 0.25) is 0 Å². The number of allylic oxidation sites excluding steroid dienone is 11. The zero-order chi connectivity index (χ0) is 21.1. The summed E-state index contributed by atoms with van der Waals surface area (Å²) in [5.74, 6) is -0.0256. The van der Waals surface area contributed by atoms with Crippen molar-refractivity contribution in [3.63, 3.8) is 0 Å². The summed E-state index contributed by atoms with van der Waals surface area (Å²) in [5.41, 5.74) is 2.65. The van der Waals surface area contributed by atoms with Crippen molar-refractivity contribution >= 4 is 17.2 Å². The van der Waals surface area contributed by atoms with Gasteiger partial charge in [-0.15, -0.1) is 0 Å². The molecule has 0 saturated carbocycles. The van der Waals surface area contributed by atoms with Crippen molar-refractivity contribution < 1.29 is 5.11 Å². The second-order valence-electron chi connectivity index (χ2n) is 6.49. The maximum absolute atomic E-state index is 12.6. The quantitative estimate of drug-likeness (QED) is 0.455. The Hall–Kier alpha value is -2.46. The lowest BCUT2D eigenvalue weighted by Gasteiger charge is -2.07. The molecule has 2 N–H and O–H groups in total. The molecule has 1 heterocycles. The Labute approximate surface area is 172 Å². The Morgan fingerprint density at radius 2 is 1.96 bits per heavy atom. The van der Waals surface area contributed by atoms with Gasteiger partial charge in [-0.05, 0) is 56.4 Å². The smallest absolute Gasteiger partial charge is 0.275 e. The van der Waals surface area contributed by atoms with Crippen LogP contribution < -0.4 is 5.56 Å². The zero-order valence-electron chi connectivity index (χ0n) is 17.3. The third-order valence-corrected chi connectivity index (χ3v) is 4.40. The molecule has 1 aromatic rings. The molecule has 0 aliphatic carbocycles. The maximum Gasteiger partial charge on any atom is 0.275 e. The van der Waals surface area contributed by atoms with Crippen LogP contribution in [0.5, 0.6) is 5.88 Å². The monoisotopic (exact) mass is 402 g/mol. The van der Waals surface area contributed by atoms with E-state index in [0.29, 0.717) is 29.1 Å². The largest absolute Gasteiger partial charge is 0.493 e. The molecule has 0 aliphatic rings. The van der Waals surface area contributed by atoms with E-state index in [1.165, 1.54) is 4.68 Å². The van der Waals surface area contributed by atoms with Gasteiger partial charge in [-0.25, -0.2) is 0 Å². The first-order valence-corrected chi connectivity index (χ1v) is 9.93. The van der Waals surface area contributed by atoms with Crippen molar-refractivity contribution in [1.82, 2.24) is 9.78 Å². The number of rotatable bonds is 10. The molecule has 1 aromatic heterocycles. The highest BCUT2D eigenvalue weighted by Crippen LogP contribution is 2.27. The first-order chi connectivity index (χ1) is 13.3. The van der Waals surface area contributed by atoms with Crippen molar-refractivity contribution in [1.29, 1.82) is 0 Å². The Morgan fingerprint density at radius 3 is 2.54 bits per heavy atom. The van der Waals surface area contributed by atoms with E-state index in [9.17, 15) is 9.90 Å². The molecule has 0 fully saturated rings. The lowest BCUT2D eigenvalue weighted by atomic mass is 10.0. The Morgan fingerprint density at radius 1 is 1.25 bits per heavy atom. The van der Waals surface area contributed by atoms with Gasteiger partial charge in [0.25, 0.3) is 5.56 Å². The molecule has 0 radical (unpaired) electrons. The van der Waals surface area contributed by atoms with Crippen LogP contribution in [0.1, 0.15) is 52.5 Å². The summed E-state index contributed by atoms with van der Waals surface area (Å²) in [7, 11) is 0. The van der Waals surface area contributed by atoms with Crippen LogP contribution in [0.3, 0.4) is 0 Å². The molecule has 0 atom stereocenters. The third-order valence-electron chi connectivity index (χ3n) is 4.28. The van der Waals surface area contributed by atoms with Gasteiger partial charge in [0.1, 0.15) is 5.56 Å². The van der Waals surface area contributed by atoms with Crippen LogP contribution in [0, 0.1) is 0 Å². The molecule has 152 valence electrons. The minimum absolute atomic E-state index is 0.0256. The second kappa shape index (κ2) is 12.1. The van der Waals surface area contributed by atoms with Gasteiger partial charge in [0.2, 0.25) is 5.88 Å². The normalized spacial score (nSPS) is 13.8. The number of nitrogens with zero attached hydrogens (tertiary/aromatic N) is 1. The number of aromatic hydroxyl groups is 1. The standard InChI is InChI=1S/C23H31ClN2O2/c1-6-9-16-26-23(28)21(22(27)25-26)20(17(4)11-7-2)15-14-19(8-3)13-10-12-18(5)24/h7-8,10-12,14-15,28H,5-6,9,13,16H2,1-4H3,(H,25,27)/b11-7-,12-10-,15-14+,19-8+,20-17+. The Kier molecular flexibility index (Phi) is 10.2. The molecule has 5 heteroatoms. The average Bonchev–Trinajstić information content (AvgIpc) is 2.92. The van der Waals surface area contributed by atoms with E-state index >= 15 is 0 Å². The van der Waals surface area contributed by atoms with Gasteiger partial charge in [0.15, 0.2) is 0 Å². The molecule has 0 saturated heterocycles. The number of halogens is 1. The summed E-state index contributed by atoms with van der Waals surface area (Å²) in [6.07, 6.45) is 15.9. The molecule has 1 rings (SSSR count). The van der Waals surface area contributed by atoms with E-state index in [4.69, 9.17) is 11.6 Å². The molecule has 28 heavy (non-hydrogen) atoms. The fourth-order valence-corrected chi connectivity index (χ4v) is 2.82. The molecular formula is C23H31ClN2O2. The molecule has 4 nitrogen and oxygen atoms in total.